The van der Waals surface area contributed by atoms with E-state index in [2.05, 4.69) is 22.2 Å². The molecule has 0 radical (unpaired) electrons. The Morgan fingerprint density at radius 3 is 3.09 bits per heavy atom. The predicted molar refractivity (Wildman–Crippen MR) is 43.4 cm³/mol. The minimum atomic E-state index is 0.312. The first-order chi connectivity index (χ1) is 5.26. The van der Waals surface area contributed by atoms with E-state index in [-0.39, 0.29) is 0 Å². The molecule has 1 fully saturated rings. The van der Waals surface area contributed by atoms with E-state index < -0.39 is 0 Å². The molecular weight excluding hydrogens is 138 g/mol. The molecule has 1 aromatic heterocycles. The molecule has 0 bridgehead atoms. The minimum Gasteiger partial charge on any atom is -0.348 e. The summed E-state index contributed by atoms with van der Waals surface area (Å²) in [5.41, 5.74) is 1.56. The molecule has 2 N–H and O–H groups in total. The zero-order valence-corrected chi connectivity index (χ0v) is 6.89. The Balaban J connectivity index is 2.13. The molecule has 1 aliphatic carbocycles. The van der Waals surface area contributed by atoms with Gasteiger partial charge in [-0.2, -0.15) is 0 Å². The number of aromatic nitrogens is 2. The second-order valence-corrected chi connectivity index (χ2v) is 3.43. The van der Waals surface area contributed by atoms with Crippen LogP contribution in [0, 0.1) is 0 Å². The molecule has 0 saturated heterocycles. The number of hydrogen-bond acceptors (Lipinski definition) is 2. The summed E-state index contributed by atoms with van der Waals surface area (Å²) in [6, 6.07) is 0. The normalized spacial score (nSPS) is 35.6. The fraction of sp³-hybridized carbons (Fsp3) is 0.625. The van der Waals surface area contributed by atoms with Crippen LogP contribution >= 0.6 is 0 Å². The SMILES string of the molecule is CN[C@]1(C)C[C@H]1c1cnc[nH]1. The van der Waals surface area contributed by atoms with E-state index in [4.69, 9.17) is 0 Å². The van der Waals surface area contributed by atoms with E-state index in [0.717, 1.165) is 0 Å². The molecule has 3 nitrogen and oxygen atoms in total. The summed E-state index contributed by atoms with van der Waals surface area (Å²) in [5, 5.41) is 3.31. The van der Waals surface area contributed by atoms with Gasteiger partial charge < -0.3 is 10.3 Å². The standard InChI is InChI=1S/C8H13N3/c1-8(9-2)3-6(8)7-4-10-5-11-7/h4-6,9H,3H2,1-2H3,(H,10,11)/t6-,8+/m0/s1. The molecule has 60 valence electrons. The van der Waals surface area contributed by atoms with Gasteiger partial charge in [-0.3, -0.25) is 0 Å². The lowest BCUT2D eigenvalue weighted by Crippen LogP contribution is -2.25. The van der Waals surface area contributed by atoms with Gasteiger partial charge in [-0.15, -0.1) is 0 Å². The zero-order chi connectivity index (χ0) is 7.90. The fourth-order valence-electron chi connectivity index (χ4n) is 1.55. The van der Waals surface area contributed by atoms with Crippen LogP contribution in [0.4, 0.5) is 0 Å². The maximum Gasteiger partial charge on any atom is 0.0921 e. The lowest BCUT2D eigenvalue weighted by Gasteiger charge is -2.06. The smallest absolute Gasteiger partial charge is 0.0921 e. The van der Waals surface area contributed by atoms with Crippen LogP contribution in [0.25, 0.3) is 0 Å². The van der Waals surface area contributed by atoms with E-state index >= 15 is 0 Å². The summed E-state index contributed by atoms with van der Waals surface area (Å²) in [5.74, 6) is 0.634. The van der Waals surface area contributed by atoms with Crippen LogP contribution < -0.4 is 5.32 Å². The van der Waals surface area contributed by atoms with E-state index in [1.807, 2.05) is 13.2 Å². The molecule has 1 heterocycles. The number of H-pyrrole nitrogens is 1. The van der Waals surface area contributed by atoms with Crippen molar-refractivity contribution >= 4 is 0 Å². The average molecular weight is 151 g/mol. The molecule has 2 atom stereocenters. The first-order valence-electron chi connectivity index (χ1n) is 3.93. The molecule has 11 heavy (non-hydrogen) atoms. The predicted octanol–water partition coefficient (Wildman–Crippen LogP) is 0.875. The van der Waals surface area contributed by atoms with Crippen molar-refractivity contribution in [3.63, 3.8) is 0 Å². The molecule has 3 heteroatoms. The third-order valence-electron chi connectivity index (χ3n) is 2.70. The number of imidazole rings is 1. The molecule has 0 amide bonds. The summed E-state index contributed by atoms with van der Waals surface area (Å²) in [7, 11) is 2.01. The number of aromatic amines is 1. The minimum absolute atomic E-state index is 0.312. The highest BCUT2D eigenvalue weighted by Gasteiger charge is 2.50. The van der Waals surface area contributed by atoms with Crippen LogP contribution in [-0.2, 0) is 0 Å². The van der Waals surface area contributed by atoms with Crippen LogP contribution in [0.2, 0.25) is 0 Å². The van der Waals surface area contributed by atoms with Crippen molar-refractivity contribution in [2.24, 2.45) is 0 Å². The van der Waals surface area contributed by atoms with Gasteiger partial charge in [-0.25, -0.2) is 4.98 Å². The van der Waals surface area contributed by atoms with Crippen LogP contribution in [0.3, 0.4) is 0 Å². The first kappa shape index (κ1) is 6.85. The average Bonchev–Trinajstić information content (AvgIpc) is 2.53. The number of hydrogen-bond donors (Lipinski definition) is 2. The maximum atomic E-state index is 4.00. The molecule has 0 aliphatic heterocycles. The molecule has 0 aromatic carbocycles. The highest BCUT2D eigenvalue weighted by molar-refractivity contribution is 5.24. The van der Waals surface area contributed by atoms with Crippen LogP contribution in [0.15, 0.2) is 12.5 Å². The third kappa shape index (κ3) is 0.959. The monoisotopic (exact) mass is 151 g/mol. The van der Waals surface area contributed by atoms with Gasteiger partial charge in [0.15, 0.2) is 0 Å². The van der Waals surface area contributed by atoms with Gasteiger partial charge in [0.25, 0.3) is 0 Å². The molecule has 0 unspecified atom stereocenters. The van der Waals surface area contributed by atoms with Crippen molar-refractivity contribution < 1.29 is 0 Å². The fourth-order valence-corrected chi connectivity index (χ4v) is 1.55. The van der Waals surface area contributed by atoms with E-state index in [9.17, 15) is 0 Å². The number of likely N-dealkylation sites (N-methyl/N-ethyl adjacent to an activating group) is 1. The summed E-state index contributed by atoms with van der Waals surface area (Å²) < 4.78 is 0. The summed E-state index contributed by atoms with van der Waals surface area (Å²) in [6.45, 7) is 2.23. The molecule has 2 rings (SSSR count). The van der Waals surface area contributed by atoms with E-state index in [0.29, 0.717) is 11.5 Å². The van der Waals surface area contributed by atoms with E-state index in [1.165, 1.54) is 12.1 Å². The Kier molecular flexibility index (Phi) is 1.29. The largest absolute Gasteiger partial charge is 0.348 e. The van der Waals surface area contributed by atoms with Gasteiger partial charge in [0.2, 0.25) is 0 Å². The van der Waals surface area contributed by atoms with Gasteiger partial charge in [0, 0.05) is 23.3 Å². The van der Waals surface area contributed by atoms with Crippen molar-refractivity contribution in [3.05, 3.63) is 18.2 Å². The van der Waals surface area contributed by atoms with Crippen LogP contribution in [0.1, 0.15) is 25.0 Å². The number of nitrogens with one attached hydrogen (secondary N) is 2. The Hall–Kier alpha value is -0.830. The summed E-state index contributed by atoms with van der Waals surface area (Å²) >= 11 is 0. The van der Waals surface area contributed by atoms with Crippen molar-refractivity contribution in [2.45, 2.75) is 24.8 Å². The Morgan fingerprint density at radius 2 is 2.64 bits per heavy atom. The first-order valence-corrected chi connectivity index (χ1v) is 3.93. The second-order valence-electron chi connectivity index (χ2n) is 3.43. The Labute approximate surface area is 66.2 Å². The van der Waals surface area contributed by atoms with Gasteiger partial charge in [0.05, 0.1) is 6.33 Å². The lowest BCUT2D eigenvalue weighted by atomic mass is 10.2. The summed E-state index contributed by atoms with van der Waals surface area (Å²) in [6.07, 6.45) is 4.86. The van der Waals surface area contributed by atoms with Crippen molar-refractivity contribution in [2.75, 3.05) is 7.05 Å². The van der Waals surface area contributed by atoms with Crippen LogP contribution in [0.5, 0.6) is 0 Å². The van der Waals surface area contributed by atoms with Crippen molar-refractivity contribution in [1.82, 2.24) is 15.3 Å². The quantitative estimate of drug-likeness (QED) is 0.658. The van der Waals surface area contributed by atoms with Crippen LogP contribution in [-0.4, -0.2) is 22.6 Å². The molecule has 1 aromatic rings. The Bertz CT molecular complexity index is 242. The van der Waals surface area contributed by atoms with E-state index in [1.54, 1.807) is 6.33 Å². The molecule has 1 saturated carbocycles. The number of rotatable bonds is 2. The maximum absolute atomic E-state index is 4.00. The highest BCUT2D eigenvalue weighted by Crippen LogP contribution is 2.49. The lowest BCUT2D eigenvalue weighted by molar-refractivity contribution is 0.583. The number of nitrogens with zero attached hydrogens (tertiary/aromatic N) is 1. The second kappa shape index (κ2) is 2.08. The molecule has 0 spiro atoms. The van der Waals surface area contributed by atoms with Gasteiger partial charge in [0.1, 0.15) is 0 Å². The van der Waals surface area contributed by atoms with Gasteiger partial charge >= 0.3 is 0 Å². The van der Waals surface area contributed by atoms with Gasteiger partial charge in [-0.05, 0) is 20.4 Å². The Morgan fingerprint density at radius 1 is 1.82 bits per heavy atom. The zero-order valence-electron chi connectivity index (χ0n) is 6.89. The summed E-state index contributed by atoms with van der Waals surface area (Å²) in [4.78, 5) is 7.14. The topological polar surface area (TPSA) is 40.7 Å². The molecular formula is C8H13N3. The third-order valence-corrected chi connectivity index (χ3v) is 2.70. The van der Waals surface area contributed by atoms with Gasteiger partial charge in [-0.1, -0.05) is 0 Å². The van der Waals surface area contributed by atoms with Crippen molar-refractivity contribution in [1.29, 1.82) is 0 Å². The highest BCUT2D eigenvalue weighted by atomic mass is 15.0. The molecule has 1 aliphatic rings. The van der Waals surface area contributed by atoms with Crippen molar-refractivity contribution in [3.8, 4) is 0 Å².